The summed E-state index contributed by atoms with van der Waals surface area (Å²) >= 11 is 0. The molecule has 0 amide bonds. The molecular weight excluding hydrogens is 304 g/mol. The minimum Gasteiger partial charge on any atom is -0.256 e. The van der Waals surface area contributed by atoms with E-state index in [0.717, 1.165) is 22.7 Å². The van der Waals surface area contributed by atoms with Crippen molar-refractivity contribution < 1.29 is 0 Å². The smallest absolute Gasteiger partial charge is 0.0708 e. The van der Waals surface area contributed by atoms with Gasteiger partial charge in [-0.1, -0.05) is 64.8 Å². The Morgan fingerprint density at radius 2 is 1.41 bits per heavy atom. The number of fused-ring (bicyclic) bond motifs is 1. The fourth-order valence-electron chi connectivity index (χ4n) is 2.13. The summed E-state index contributed by atoms with van der Waals surface area (Å²) in [7, 11) is 1.77. The van der Waals surface area contributed by atoms with Gasteiger partial charge >= 0.3 is 0 Å². The molecule has 0 aliphatic rings. The van der Waals surface area contributed by atoms with E-state index in [-0.39, 0.29) is 0 Å². The summed E-state index contributed by atoms with van der Waals surface area (Å²) in [5.41, 5.74) is 1.93. The molecule has 1 aromatic heterocycles. The zero-order valence-corrected chi connectivity index (χ0v) is 16.7. The second-order valence-corrected chi connectivity index (χ2v) is 10.9. The van der Waals surface area contributed by atoms with Crippen molar-refractivity contribution in [3.8, 4) is 0 Å². The Morgan fingerprint density at radius 3 is 1.95 bits per heavy atom. The molecule has 2 atom stereocenters. The molecule has 1 aromatic carbocycles. The molecule has 1 nitrogen and oxygen atoms in total. The Hall–Kier alpha value is -0.510. The molecule has 0 aliphatic heterocycles. The van der Waals surface area contributed by atoms with Crippen molar-refractivity contribution in [3.63, 3.8) is 0 Å². The van der Waals surface area contributed by atoms with Gasteiger partial charge in [0.1, 0.15) is 0 Å². The highest BCUT2D eigenvalue weighted by Gasteiger charge is 2.15. The molecule has 0 aliphatic carbocycles. The molecule has 1 heterocycles. The first-order valence-corrected chi connectivity index (χ1v) is 10.4. The summed E-state index contributed by atoms with van der Waals surface area (Å²) in [5.74, 6) is 0. The van der Waals surface area contributed by atoms with Crippen LogP contribution in [-0.2, 0) is 0 Å². The van der Waals surface area contributed by atoms with E-state index in [1.54, 1.807) is 5.30 Å². The van der Waals surface area contributed by atoms with Crippen LogP contribution in [0.1, 0.15) is 41.5 Å². The molecule has 2 aromatic rings. The number of nitrogens with zero attached hydrogens (tertiary/aromatic N) is 1. The Bertz CT molecular complexity index is 579. The lowest BCUT2D eigenvalue weighted by Crippen LogP contribution is -2.21. The van der Waals surface area contributed by atoms with E-state index in [2.05, 4.69) is 64.7 Å². The molecule has 0 N–H and O–H groups in total. The van der Waals surface area contributed by atoms with E-state index < -0.39 is 0 Å². The van der Waals surface area contributed by atoms with Crippen LogP contribution >= 0.6 is 17.2 Å². The number of aromatic nitrogens is 1. The van der Waals surface area contributed by atoms with E-state index in [9.17, 15) is 0 Å². The van der Waals surface area contributed by atoms with Crippen LogP contribution in [0.4, 0.5) is 0 Å². The van der Waals surface area contributed by atoms with Gasteiger partial charge in [-0.05, 0) is 52.0 Å². The predicted molar refractivity (Wildman–Crippen MR) is 106 cm³/mol. The average Bonchev–Trinajstić information content (AvgIpc) is 2.40. The monoisotopic (exact) mass is 333 g/mol. The lowest BCUT2D eigenvalue weighted by Gasteiger charge is -2.22. The van der Waals surface area contributed by atoms with Crippen LogP contribution in [-0.4, -0.2) is 17.3 Å². The van der Waals surface area contributed by atoms with Gasteiger partial charge in [0, 0.05) is 11.6 Å². The van der Waals surface area contributed by atoms with Crippen LogP contribution < -0.4 is 10.6 Å². The average molecular weight is 333 g/mol. The topological polar surface area (TPSA) is 12.9 Å². The zero-order valence-electron chi connectivity index (χ0n) is 14.7. The Kier molecular flexibility index (Phi) is 5.63. The van der Waals surface area contributed by atoms with Gasteiger partial charge in [-0.3, -0.25) is 4.98 Å². The maximum atomic E-state index is 4.54. The first kappa shape index (κ1) is 17.8. The van der Waals surface area contributed by atoms with Gasteiger partial charge in [0.05, 0.1) is 5.52 Å². The first-order chi connectivity index (χ1) is 10.1. The maximum Gasteiger partial charge on any atom is 0.0708 e. The van der Waals surface area contributed by atoms with Gasteiger partial charge in [0.2, 0.25) is 0 Å². The van der Waals surface area contributed by atoms with E-state index in [1.165, 1.54) is 23.0 Å². The van der Waals surface area contributed by atoms with Crippen molar-refractivity contribution in [2.75, 3.05) is 12.3 Å². The second-order valence-electron chi connectivity index (χ2n) is 8.42. The quantitative estimate of drug-likeness (QED) is 0.723. The third kappa shape index (κ3) is 5.60. The number of hydrogen-bond acceptors (Lipinski definition) is 1. The number of rotatable bonds is 4. The molecular formula is C19H29NP2. The molecule has 0 saturated heterocycles. The molecule has 120 valence electrons. The van der Waals surface area contributed by atoms with E-state index in [4.69, 9.17) is 0 Å². The van der Waals surface area contributed by atoms with E-state index >= 15 is 0 Å². The molecule has 3 heteroatoms. The van der Waals surface area contributed by atoms with Gasteiger partial charge < -0.3 is 0 Å². The standard InChI is InChI=1S/C19H29NP2/c1-18(2,3)12-21-16-10-14-8-7-9-20-15(14)11-17(16)22-13-19(4,5)6/h7-11,21-22H,12-13H2,1-6H3. The van der Waals surface area contributed by atoms with E-state index in [1.807, 2.05) is 12.3 Å². The van der Waals surface area contributed by atoms with Crippen LogP contribution in [0.15, 0.2) is 30.5 Å². The summed E-state index contributed by atoms with van der Waals surface area (Å²) in [6, 6.07) is 8.95. The molecule has 0 fully saturated rings. The van der Waals surface area contributed by atoms with Gasteiger partial charge in [-0.2, -0.15) is 0 Å². The van der Waals surface area contributed by atoms with Crippen molar-refractivity contribution in [2.45, 2.75) is 41.5 Å². The summed E-state index contributed by atoms with van der Waals surface area (Å²) < 4.78 is 0. The van der Waals surface area contributed by atoms with E-state index in [0.29, 0.717) is 10.8 Å². The maximum absolute atomic E-state index is 4.54. The van der Waals surface area contributed by atoms with Crippen molar-refractivity contribution >= 4 is 38.7 Å². The third-order valence-corrected chi connectivity index (χ3v) is 7.67. The van der Waals surface area contributed by atoms with Crippen molar-refractivity contribution in [1.82, 2.24) is 4.98 Å². The Labute approximate surface area is 139 Å². The normalized spacial score (nSPS) is 13.9. The van der Waals surface area contributed by atoms with Gasteiger partial charge in [-0.15, -0.1) is 0 Å². The van der Waals surface area contributed by atoms with Crippen molar-refractivity contribution in [2.24, 2.45) is 10.8 Å². The van der Waals surface area contributed by atoms with Gasteiger partial charge in [0.25, 0.3) is 0 Å². The van der Waals surface area contributed by atoms with Crippen LogP contribution in [0.3, 0.4) is 0 Å². The summed E-state index contributed by atoms with van der Waals surface area (Å²) in [4.78, 5) is 4.54. The van der Waals surface area contributed by atoms with Gasteiger partial charge in [0.15, 0.2) is 0 Å². The summed E-state index contributed by atoms with van der Waals surface area (Å²) in [6.07, 6.45) is 4.40. The lowest BCUT2D eigenvalue weighted by atomic mass is 10.0. The highest BCUT2D eigenvalue weighted by Crippen LogP contribution is 2.29. The fourth-order valence-corrected chi connectivity index (χ4v) is 5.13. The zero-order chi connectivity index (χ0) is 16.4. The molecule has 2 rings (SSSR count). The fraction of sp³-hybridized carbons (Fsp3) is 0.526. The SMILES string of the molecule is CC(C)(C)CPc1cc2cccnc2cc1PCC(C)(C)C. The highest BCUT2D eigenvalue weighted by molar-refractivity contribution is 7.54. The Morgan fingerprint density at radius 1 is 0.864 bits per heavy atom. The minimum absolute atomic E-state index is 0.391. The van der Waals surface area contributed by atoms with Gasteiger partial charge in [-0.25, -0.2) is 0 Å². The molecule has 2 unspecified atom stereocenters. The van der Waals surface area contributed by atoms with Crippen LogP contribution in [0, 0.1) is 10.8 Å². The van der Waals surface area contributed by atoms with Crippen LogP contribution in [0.25, 0.3) is 10.9 Å². The molecule has 0 spiro atoms. The van der Waals surface area contributed by atoms with Crippen LogP contribution in [0.2, 0.25) is 0 Å². The molecule has 0 bridgehead atoms. The third-order valence-electron chi connectivity index (χ3n) is 3.36. The van der Waals surface area contributed by atoms with Crippen molar-refractivity contribution in [1.29, 1.82) is 0 Å². The number of hydrogen-bond donors (Lipinski definition) is 0. The minimum atomic E-state index is 0.391. The predicted octanol–water partition coefficient (Wildman–Crippen LogP) is 4.93. The Balaban J connectivity index is 2.32. The largest absolute Gasteiger partial charge is 0.256 e. The van der Waals surface area contributed by atoms with Crippen molar-refractivity contribution in [3.05, 3.63) is 30.5 Å². The highest BCUT2D eigenvalue weighted by atomic mass is 31.1. The summed E-state index contributed by atoms with van der Waals surface area (Å²) in [5, 5.41) is 4.37. The molecule has 22 heavy (non-hydrogen) atoms. The molecule has 0 saturated carbocycles. The molecule has 0 radical (unpaired) electrons. The first-order valence-electron chi connectivity index (χ1n) is 8.01. The number of benzene rings is 1. The second kappa shape index (κ2) is 6.94. The summed E-state index contributed by atoms with van der Waals surface area (Å²) in [6.45, 7) is 14.0. The number of pyridine rings is 1. The lowest BCUT2D eigenvalue weighted by molar-refractivity contribution is 0.479. The van der Waals surface area contributed by atoms with Crippen LogP contribution in [0.5, 0.6) is 0 Å².